The normalized spacial score (nSPS) is 11.5. The molecule has 0 saturated heterocycles. The average molecular weight is 379 g/mol. The van der Waals surface area contributed by atoms with Gasteiger partial charge in [0.1, 0.15) is 11.5 Å². The van der Waals surface area contributed by atoms with Crippen molar-refractivity contribution in [1.29, 1.82) is 0 Å². The molecule has 0 aliphatic heterocycles. The molecule has 1 amide bonds. The molecule has 26 heavy (non-hydrogen) atoms. The number of halogens is 1. The molecular weight excluding hydrogens is 360 g/mol. The van der Waals surface area contributed by atoms with Crippen LogP contribution >= 0.6 is 11.6 Å². The fourth-order valence-corrected chi connectivity index (χ4v) is 2.41. The number of nitro benzene ring substituents is 1. The number of hydrogen-bond acceptors (Lipinski definition) is 5. The van der Waals surface area contributed by atoms with Crippen LogP contribution in [0.2, 0.25) is 5.02 Å². The quantitative estimate of drug-likeness (QED) is 0.571. The highest BCUT2D eigenvalue weighted by molar-refractivity contribution is 6.31. The second kappa shape index (κ2) is 8.53. The fourth-order valence-electron chi connectivity index (χ4n) is 2.30. The number of benzene rings is 2. The molecule has 1 N–H and O–H groups in total. The van der Waals surface area contributed by atoms with E-state index in [0.717, 1.165) is 5.56 Å². The van der Waals surface area contributed by atoms with Crippen molar-refractivity contribution in [2.75, 3.05) is 12.4 Å². The van der Waals surface area contributed by atoms with Gasteiger partial charge in [0.05, 0.1) is 17.7 Å². The first-order chi connectivity index (χ1) is 12.3. The van der Waals surface area contributed by atoms with E-state index in [4.69, 9.17) is 21.1 Å². The Kier molecular flexibility index (Phi) is 6.41. The molecule has 0 spiro atoms. The summed E-state index contributed by atoms with van der Waals surface area (Å²) < 4.78 is 10.9. The molecular formula is C18H19ClN2O5. The van der Waals surface area contributed by atoms with Gasteiger partial charge in [0.25, 0.3) is 11.6 Å². The Morgan fingerprint density at radius 2 is 2.04 bits per heavy atom. The monoisotopic (exact) mass is 378 g/mol. The molecule has 0 aliphatic rings. The second-order valence-electron chi connectivity index (χ2n) is 5.56. The van der Waals surface area contributed by atoms with Crippen LogP contribution in [0.15, 0.2) is 36.4 Å². The van der Waals surface area contributed by atoms with Crippen LogP contribution in [0.5, 0.6) is 11.5 Å². The fraction of sp³-hybridized carbons (Fsp3) is 0.278. The van der Waals surface area contributed by atoms with Crippen LogP contribution in [-0.2, 0) is 4.79 Å². The van der Waals surface area contributed by atoms with Gasteiger partial charge in [0.2, 0.25) is 0 Å². The van der Waals surface area contributed by atoms with Gasteiger partial charge in [-0.15, -0.1) is 0 Å². The number of nitro groups is 1. The van der Waals surface area contributed by atoms with E-state index in [9.17, 15) is 14.9 Å². The Morgan fingerprint density at radius 3 is 2.62 bits per heavy atom. The first kappa shape index (κ1) is 19.5. The van der Waals surface area contributed by atoms with E-state index in [-0.39, 0.29) is 11.4 Å². The molecule has 2 aromatic rings. The van der Waals surface area contributed by atoms with Gasteiger partial charge in [-0.1, -0.05) is 18.5 Å². The Hall–Kier alpha value is -2.80. The van der Waals surface area contributed by atoms with E-state index < -0.39 is 16.9 Å². The van der Waals surface area contributed by atoms with Crippen molar-refractivity contribution in [1.82, 2.24) is 0 Å². The number of nitrogens with zero attached hydrogens (tertiary/aromatic N) is 1. The molecule has 0 aliphatic carbocycles. The second-order valence-corrected chi connectivity index (χ2v) is 5.96. The van der Waals surface area contributed by atoms with Gasteiger partial charge in [0.15, 0.2) is 6.10 Å². The lowest BCUT2D eigenvalue weighted by atomic mass is 10.2. The molecule has 138 valence electrons. The molecule has 2 aromatic carbocycles. The summed E-state index contributed by atoms with van der Waals surface area (Å²) in [6.07, 6.45) is -0.371. The maximum atomic E-state index is 12.6. The number of methoxy groups -OCH3 is 1. The van der Waals surface area contributed by atoms with Gasteiger partial charge < -0.3 is 14.8 Å². The highest BCUT2D eigenvalue weighted by Crippen LogP contribution is 2.29. The lowest BCUT2D eigenvalue weighted by molar-refractivity contribution is -0.384. The van der Waals surface area contributed by atoms with Crippen LogP contribution in [0.3, 0.4) is 0 Å². The summed E-state index contributed by atoms with van der Waals surface area (Å²) in [4.78, 5) is 23.0. The molecule has 0 bridgehead atoms. The number of rotatable bonds is 7. The third-order valence-corrected chi connectivity index (χ3v) is 4.15. The molecule has 0 saturated carbocycles. The molecule has 0 unspecified atom stereocenters. The number of nitrogens with one attached hydrogen (secondary N) is 1. The van der Waals surface area contributed by atoms with Crippen LogP contribution in [0.4, 0.5) is 11.4 Å². The SMILES string of the molecule is CC[C@H](Oc1ccc(Cl)c(C)c1)C(=O)Nc1cc([N+](=O)[O-])ccc1OC. The first-order valence-corrected chi connectivity index (χ1v) is 8.29. The van der Waals surface area contributed by atoms with Gasteiger partial charge in [-0.2, -0.15) is 0 Å². The van der Waals surface area contributed by atoms with Crippen LogP contribution in [0, 0.1) is 17.0 Å². The lowest BCUT2D eigenvalue weighted by Gasteiger charge is -2.18. The molecule has 0 fully saturated rings. The predicted octanol–water partition coefficient (Wildman–Crippen LogP) is 4.36. The molecule has 7 nitrogen and oxygen atoms in total. The number of aryl methyl sites for hydroxylation is 1. The molecule has 0 radical (unpaired) electrons. The van der Waals surface area contributed by atoms with Crippen LogP contribution in [-0.4, -0.2) is 24.0 Å². The highest BCUT2D eigenvalue weighted by atomic mass is 35.5. The number of hydrogen-bond donors (Lipinski definition) is 1. The van der Waals surface area contributed by atoms with Crippen LogP contribution in [0.1, 0.15) is 18.9 Å². The van der Waals surface area contributed by atoms with Gasteiger partial charge in [-0.3, -0.25) is 14.9 Å². The Bertz CT molecular complexity index is 825. The van der Waals surface area contributed by atoms with E-state index in [1.165, 1.54) is 25.3 Å². The summed E-state index contributed by atoms with van der Waals surface area (Å²) in [7, 11) is 1.42. The number of non-ortho nitro benzene ring substituents is 1. The summed E-state index contributed by atoms with van der Waals surface area (Å²) in [6.45, 7) is 3.64. The summed E-state index contributed by atoms with van der Waals surface area (Å²) in [5, 5.41) is 14.2. The average Bonchev–Trinajstić information content (AvgIpc) is 2.62. The van der Waals surface area contributed by atoms with Crippen molar-refractivity contribution in [2.24, 2.45) is 0 Å². The van der Waals surface area contributed by atoms with E-state index in [1.807, 2.05) is 6.92 Å². The number of anilines is 1. The smallest absolute Gasteiger partial charge is 0.271 e. The van der Waals surface area contributed by atoms with Crippen molar-refractivity contribution in [3.05, 3.63) is 57.1 Å². The molecule has 0 heterocycles. The molecule has 1 atom stereocenters. The number of amides is 1. The van der Waals surface area contributed by atoms with Crippen LogP contribution < -0.4 is 14.8 Å². The number of ether oxygens (including phenoxy) is 2. The largest absolute Gasteiger partial charge is 0.495 e. The maximum Gasteiger partial charge on any atom is 0.271 e. The van der Waals surface area contributed by atoms with Gasteiger partial charge >= 0.3 is 0 Å². The van der Waals surface area contributed by atoms with E-state index in [0.29, 0.717) is 22.9 Å². The number of carbonyl (C=O) groups is 1. The minimum absolute atomic E-state index is 0.150. The Morgan fingerprint density at radius 1 is 1.31 bits per heavy atom. The van der Waals surface area contributed by atoms with Gasteiger partial charge in [0, 0.05) is 17.2 Å². The molecule has 2 rings (SSSR count). The topological polar surface area (TPSA) is 90.7 Å². The standard InChI is InChI=1S/C18H19ClN2O5/c1-4-16(26-13-6-7-14(19)11(2)9-13)18(22)20-15-10-12(21(23)24)5-8-17(15)25-3/h5-10,16H,4H2,1-3H3,(H,20,22)/t16-/m0/s1. The van der Waals surface area contributed by atoms with Crippen molar-refractivity contribution in [3.63, 3.8) is 0 Å². The zero-order valence-corrected chi connectivity index (χ0v) is 15.4. The summed E-state index contributed by atoms with van der Waals surface area (Å²) >= 11 is 5.99. The zero-order chi connectivity index (χ0) is 19.3. The summed E-state index contributed by atoms with van der Waals surface area (Å²) in [6, 6.07) is 9.10. The minimum Gasteiger partial charge on any atom is -0.495 e. The molecule has 0 aromatic heterocycles. The third kappa shape index (κ3) is 4.64. The molecule has 8 heteroatoms. The number of carbonyl (C=O) groups excluding carboxylic acids is 1. The minimum atomic E-state index is -0.778. The van der Waals surface area contributed by atoms with E-state index in [2.05, 4.69) is 5.32 Å². The van der Waals surface area contributed by atoms with Crippen molar-refractivity contribution in [3.8, 4) is 11.5 Å². The van der Waals surface area contributed by atoms with Gasteiger partial charge in [-0.05, 0) is 43.2 Å². The predicted molar refractivity (Wildman–Crippen MR) is 99.2 cm³/mol. The van der Waals surface area contributed by atoms with Crippen molar-refractivity contribution >= 4 is 28.9 Å². The first-order valence-electron chi connectivity index (χ1n) is 7.91. The summed E-state index contributed by atoms with van der Waals surface area (Å²) in [5.41, 5.74) is 0.893. The highest BCUT2D eigenvalue weighted by Gasteiger charge is 2.21. The van der Waals surface area contributed by atoms with Crippen LogP contribution in [0.25, 0.3) is 0 Å². The van der Waals surface area contributed by atoms with Crippen molar-refractivity contribution < 1.29 is 19.2 Å². The van der Waals surface area contributed by atoms with E-state index >= 15 is 0 Å². The Labute approximate surface area is 156 Å². The zero-order valence-electron chi connectivity index (χ0n) is 14.6. The van der Waals surface area contributed by atoms with E-state index in [1.54, 1.807) is 25.1 Å². The van der Waals surface area contributed by atoms with Crippen molar-refractivity contribution in [2.45, 2.75) is 26.4 Å². The van der Waals surface area contributed by atoms with Gasteiger partial charge in [-0.25, -0.2) is 0 Å². The third-order valence-electron chi connectivity index (χ3n) is 3.72. The maximum absolute atomic E-state index is 12.6. The lowest BCUT2D eigenvalue weighted by Crippen LogP contribution is -2.32. The Balaban J connectivity index is 2.19. The summed E-state index contributed by atoms with van der Waals surface area (Å²) in [5.74, 6) is 0.403.